The Balaban J connectivity index is 1.71. The molecule has 1 aliphatic carbocycles. The van der Waals surface area contributed by atoms with E-state index in [4.69, 9.17) is 0 Å². The summed E-state index contributed by atoms with van der Waals surface area (Å²) in [5.74, 6) is 0.317. The maximum atomic E-state index is 12.7. The van der Waals surface area contributed by atoms with Gasteiger partial charge in [0, 0.05) is 6.04 Å². The monoisotopic (exact) mass is 272 g/mol. The minimum Gasteiger partial charge on any atom is -0.323 e. The normalized spacial score (nSPS) is 26.9. The number of amides is 1. The molecule has 1 amide bonds. The van der Waals surface area contributed by atoms with E-state index in [0.29, 0.717) is 11.9 Å². The molecule has 1 aromatic rings. The van der Waals surface area contributed by atoms with Crippen molar-refractivity contribution in [2.75, 3.05) is 0 Å². The van der Waals surface area contributed by atoms with Crippen molar-refractivity contribution in [1.82, 2.24) is 10.2 Å². The van der Waals surface area contributed by atoms with E-state index in [-0.39, 0.29) is 12.2 Å². The molecule has 2 aliphatic rings. The number of hydrogen-bond donors (Lipinski definition) is 1. The highest BCUT2D eigenvalue weighted by Crippen LogP contribution is 2.31. The van der Waals surface area contributed by atoms with Gasteiger partial charge in [0.2, 0.25) is 5.91 Å². The number of rotatable bonds is 5. The Labute approximate surface area is 121 Å². The van der Waals surface area contributed by atoms with Crippen LogP contribution in [0.5, 0.6) is 0 Å². The fourth-order valence-corrected chi connectivity index (χ4v) is 3.31. The van der Waals surface area contributed by atoms with Crippen molar-refractivity contribution in [2.45, 2.75) is 63.7 Å². The van der Waals surface area contributed by atoms with Gasteiger partial charge in [-0.3, -0.25) is 10.1 Å². The van der Waals surface area contributed by atoms with Crippen LogP contribution < -0.4 is 5.32 Å². The standard InChI is InChI=1S/C17H24N2O/c1-2-7-16-18-15(12-13-8-4-3-5-9-13)17(20)19(16)14-10-6-11-14/h3-5,8-9,14-16,18H,2,6-7,10-12H2,1H3. The molecule has 2 fully saturated rings. The molecule has 3 heteroatoms. The number of hydrogen-bond acceptors (Lipinski definition) is 2. The molecule has 1 heterocycles. The minimum atomic E-state index is -0.0328. The quantitative estimate of drug-likeness (QED) is 0.894. The van der Waals surface area contributed by atoms with E-state index < -0.39 is 0 Å². The molecule has 108 valence electrons. The van der Waals surface area contributed by atoms with Crippen LogP contribution in [0, 0.1) is 0 Å². The van der Waals surface area contributed by atoms with Crippen molar-refractivity contribution >= 4 is 5.91 Å². The summed E-state index contributed by atoms with van der Waals surface area (Å²) in [7, 11) is 0. The predicted octanol–water partition coefficient (Wildman–Crippen LogP) is 2.71. The first kappa shape index (κ1) is 13.6. The Bertz CT molecular complexity index is 455. The molecule has 20 heavy (non-hydrogen) atoms. The van der Waals surface area contributed by atoms with Gasteiger partial charge in [-0.1, -0.05) is 43.7 Å². The molecule has 0 bridgehead atoms. The van der Waals surface area contributed by atoms with Crippen LogP contribution >= 0.6 is 0 Å². The largest absolute Gasteiger partial charge is 0.323 e. The molecule has 3 rings (SSSR count). The lowest BCUT2D eigenvalue weighted by Gasteiger charge is -2.38. The van der Waals surface area contributed by atoms with Gasteiger partial charge in [-0.2, -0.15) is 0 Å². The molecule has 3 nitrogen and oxygen atoms in total. The predicted molar refractivity (Wildman–Crippen MR) is 80.3 cm³/mol. The van der Waals surface area contributed by atoms with Gasteiger partial charge in [-0.25, -0.2) is 0 Å². The Morgan fingerprint density at radius 1 is 1.25 bits per heavy atom. The van der Waals surface area contributed by atoms with E-state index in [9.17, 15) is 4.79 Å². The fourth-order valence-electron chi connectivity index (χ4n) is 3.31. The summed E-state index contributed by atoms with van der Waals surface area (Å²) >= 11 is 0. The molecule has 0 aromatic heterocycles. The zero-order valence-corrected chi connectivity index (χ0v) is 12.2. The lowest BCUT2D eigenvalue weighted by Crippen LogP contribution is -2.47. The summed E-state index contributed by atoms with van der Waals surface area (Å²) < 4.78 is 0. The number of nitrogens with zero attached hydrogens (tertiary/aromatic N) is 1. The molecule has 1 aromatic carbocycles. The Kier molecular flexibility index (Phi) is 4.06. The van der Waals surface area contributed by atoms with Crippen LogP contribution in [0.15, 0.2) is 30.3 Å². The first-order valence-electron chi connectivity index (χ1n) is 7.91. The molecule has 0 spiro atoms. The SMILES string of the molecule is CCCC1NC(Cc2ccccc2)C(=O)N1C1CCC1. The molecule has 1 saturated heterocycles. The molecular weight excluding hydrogens is 248 g/mol. The highest BCUT2D eigenvalue weighted by atomic mass is 16.2. The van der Waals surface area contributed by atoms with E-state index in [0.717, 1.165) is 19.3 Å². The molecule has 1 aliphatic heterocycles. The van der Waals surface area contributed by atoms with Crippen LogP contribution in [0.3, 0.4) is 0 Å². The maximum absolute atomic E-state index is 12.7. The van der Waals surface area contributed by atoms with Gasteiger partial charge in [0.25, 0.3) is 0 Å². The molecule has 1 N–H and O–H groups in total. The molecule has 2 atom stereocenters. The van der Waals surface area contributed by atoms with E-state index >= 15 is 0 Å². The topological polar surface area (TPSA) is 32.3 Å². The first-order valence-corrected chi connectivity index (χ1v) is 7.91. The smallest absolute Gasteiger partial charge is 0.241 e. The lowest BCUT2D eigenvalue weighted by molar-refractivity contribution is -0.134. The number of carbonyl (C=O) groups is 1. The molecular formula is C17H24N2O. The average molecular weight is 272 g/mol. The van der Waals surface area contributed by atoms with Gasteiger partial charge in [0.1, 0.15) is 0 Å². The highest BCUT2D eigenvalue weighted by Gasteiger charge is 2.43. The molecule has 0 radical (unpaired) electrons. The summed E-state index contributed by atoms with van der Waals surface area (Å²) in [4.78, 5) is 14.8. The maximum Gasteiger partial charge on any atom is 0.241 e. The summed E-state index contributed by atoms with van der Waals surface area (Å²) in [5.41, 5.74) is 1.24. The van der Waals surface area contributed by atoms with E-state index in [1.165, 1.54) is 24.8 Å². The third kappa shape index (κ3) is 2.59. The second-order valence-corrected chi connectivity index (χ2v) is 6.04. The Morgan fingerprint density at radius 2 is 2.00 bits per heavy atom. The molecule has 2 unspecified atom stereocenters. The average Bonchev–Trinajstić information content (AvgIpc) is 2.68. The van der Waals surface area contributed by atoms with Gasteiger partial charge in [-0.15, -0.1) is 0 Å². The zero-order chi connectivity index (χ0) is 13.9. The van der Waals surface area contributed by atoms with Crippen LogP contribution in [0.25, 0.3) is 0 Å². The van der Waals surface area contributed by atoms with Gasteiger partial charge >= 0.3 is 0 Å². The van der Waals surface area contributed by atoms with Gasteiger partial charge in [0.05, 0.1) is 12.2 Å². The summed E-state index contributed by atoms with van der Waals surface area (Å²) in [6, 6.07) is 10.8. The number of carbonyl (C=O) groups excluding carboxylic acids is 1. The number of benzene rings is 1. The Hall–Kier alpha value is -1.35. The van der Waals surface area contributed by atoms with Gasteiger partial charge < -0.3 is 4.90 Å². The fraction of sp³-hybridized carbons (Fsp3) is 0.588. The highest BCUT2D eigenvalue weighted by molar-refractivity contribution is 5.85. The van der Waals surface area contributed by atoms with Crippen LogP contribution in [-0.4, -0.2) is 29.1 Å². The first-order chi connectivity index (χ1) is 9.79. The third-order valence-corrected chi connectivity index (χ3v) is 4.59. The van der Waals surface area contributed by atoms with Crippen molar-refractivity contribution in [3.8, 4) is 0 Å². The zero-order valence-electron chi connectivity index (χ0n) is 12.2. The van der Waals surface area contributed by atoms with E-state index in [1.807, 2.05) is 18.2 Å². The van der Waals surface area contributed by atoms with Crippen molar-refractivity contribution in [1.29, 1.82) is 0 Å². The van der Waals surface area contributed by atoms with Crippen LogP contribution in [-0.2, 0) is 11.2 Å². The van der Waals surface area contributed by atoms with Crippen molar-refractivity contribution in [3.63, 3.8) is 0 Å². The Morgan fingerprint density at radius 3 is 2.60 bits per heavy atom. The second-order valence-electron chi connectivity index (χ2n) is 6.04. The second kappa shape index (κ2) is 5.96. The number of nitrogens with one attached hydrogen (secondary N) is 1. The van der Waals surface area contributed by atoms with Gasteiger partial charge in [0.15, 0.2) is 0 Å². The van der Waals surface area contributed by atoms with E-state index in [1.54, 1.807) is 0 Å². The summed E-state index contributed by atoms with van der Waals surface area (Å²) in [5, 5.41) is 3.57. The third-order valence-electron chi connectivity index (χ3n) is 4.59. The van der Waals surface area contributed by atoms with Crippen molar-refractivity contribution < 1.29 is 4.79 Å². The van der Waals surface area contributed by atoms with Crippen LogP contribution in [0.4, 0.5) is 0 Å². The van der Waals surface area contributed by atoms with Gasteiger partial charge in [-0.05, 0) is 37.7 Å². The minimum absolute atomic E-state index is 0.0328. The lowest BCUT2D eigenvalue weighted by atomic mass is 9.90. The molecule has 1 saturated carbocycles. The summed E-state index contributed by atoms with van der Waals surface area (Å²) in [6.07, 6.45) is 6.89. The van der Waals surface area contributed by atoms with E-state index in [2.05, 4.69) is 29.3 Å². The van der Waals surface area contributed by atoms with Crippen molar-refractivity contribution in [3.05, 3.63) is 35.9 Å². The van der Waals surface area contributed by atoms with Crippen molar-refractivity contribution in [2.24, 2.45) is 0 Å². The van der Waals surface area contributed by atoms with Crippen LogP contribution in [0.1, 0.15) is 44.6 Å². The summed E-state index contributed by atoms with van der Waals surface area (Å²) in [6.45, 7) is 2.19. The van der Waals surface area contributed by atoms with Crippen LogP contribution in [0.2, 0.25) is 0 Å².